The molecule has 1 aliphatic heterocycles. The topological polar surface area (TPSA) is 84.9 Å². The molecule has 90 valence electrons. The van der Waals surface area contributed by atoms with Gasteiger partial charge in [0.2, 0.25) is 0 Å². The number of halogens is 1. The molecule has 1 aromatic rings. The van der Waals surface area contributed by atoms with Crippen molar-refractivity contribution in [3.63, 3.8) is 0 Å². The number of benzene rings is 1. The second-order valence-electron chi connectivity index (χ2n) is 3.30. The van der Waals surface area contributed by atoms with Gasteiger partial charge in [-0.25, -0.2) is 4.79 Å². The number of hydrogen-bond donors (Lipinski definition) is 2. The van der Waals surface area contributed by atoms with Crippen molar-refractivity contribution in [2.45, 2.75) is 0 Å². The number of aliphatic carboxylic acids is 1. The maximum atomic E-state index is 11.1. The number of fused-ring (bicyclic) bond motifs is 1. The predicted molar refractivity (Wildman–Crippen MR) is 58.7 cm³/mol. The number of rotatable bonds is 3. The predicted octanol–water partition coefficient (Wildman–Crippen LogP) is 1.13. The lowest BCUT2D eigenvalue weighted by atomic mass is 10.2. The van der Waals surface area contributed by atoms with Crippen molar-refractivity contribution < 1.29 is 24.2 Å². The molecule has 7 heteroatoms. The Labute approximate surface area is 101 Å². The Kier molecular flexibility index (Phi) is 3.06. The van der Waals surface area contributed by atoms with Crippen molar-refractivity contribution in [2.75, 3.05) is 18.5 Å². The normalized spacial score (nSPS) is 13.4. The molecule has 0 bridgehead atoms. The van der Waals surface area contributed by atoms with Gasteiger partial charge in [-0.05, 0) is 6.07 Å². The number of carboxylic acids is 1. The molecular weight excluding hydrogens is 250 g/mol. The van der Waals surface area contributed by atoms with Crippen LogP contribution in [0.2, 0.25) is 5.02 Å². The van der Waals surface area contributed by atoms with Crippen LogP contribution >= 0.6 is 11.6 Å². The first-order valence-electron chi connectivity index (χ1n) is 4.67. The zero-order chi connectivity index (χ0) is 12.4. The number of ether oxygens (including phenoxy) is 2. The molecule has 6 nitrogen and oxygen atoms in total. The molecule has 0 aromatic heterocycles. The van der Waals surface area contributed by atoms with Gasteiger partial charge in [0.15, 0.2) is 24.7 Å². The van der Waals surface area contributed by atoms with Gasteiger partial charge in [0.1, 0.15) is 0 Å². The first kappa shape index (κ1) is 11.5. The number of carboxylic acid groups (broad SMARTS) is 1. The molecule has 0 spiro atoms. The standard InChI is InChI=1S/C10H8ClNO5/c11-5-1-6-10(17-3-8(13)12-6)7(2-5)16-4-9(14)15/h1-2H,3-4H2,(H,12,13)(H,14,15). The van der Waals surface area contributed by atoms with Gasteiger partial charge in [-0.15, -0.1) is 0 Å². The van der Waals surface area contributed by atoms with E-state index in [1.165, 1.54) is 12.1 Å². The molecule has 1 aliphatic rings. The zero-order valence-corrected chi connectivity index (χ0v) is 9.28. The molecule has 1 amide bonds. The summed E-state index contributed by atoms with van der Waals surface area (Å²) in [6.07, 6.45) is 0. The summed E-state index contributed by atoms with van der Waals surface area (Å²) in [5, 5.41) is 11.4. The van der Waals surface area contributed by atoms with Gasteiger partial charge in [-0.3, -0.25) is 4.79 Å². The van der Waals surface area contributed by atoms with Crippen LogP contribution in [0.25, 0.3) is 0 Å². The van der Waals surface area contributed by atoms with Crippen molar-refractivity contribution in [1.82, 2.24) is 0 Å². The van der Waals surface area contributed by atoms with E-state index in [-0.39, 0.29) is 24.0 Å². The lowest BCUT2D eigenvalue weighted by molar-refractivity contribution is -0.139. The molecule has 0 aliphatic carbocycles. The minimum atomic E-state index is -1.11. The second kappa shape index (κ2) is 4.50. The monoisotopic (exact) mass is 257 g/mol. The quantitative estimate of drug-likeness (QED) is 0.848. The van der Waals surface area contributed by atoms with Crippen LogP contribution in [0.5, 0.6) is 11.5 Å². The van der Waals surface area contributed by atoms with Crippen LogP contribution in [0, 0.1) is 0 Å². The molecular formula is C10H8ClNO5. The Balaban J connectivity index is 2.31. The summed E-state index contributed by atoms with van der Waals surface area (Å²) in [5.74, 6) is -0.937. The van der Waals surface area contributed by atoms with Crippen molar-refractivity contribution >= 4 is 29.2 Å². The maximum Gasteiger partial charge on any atom is 0.341 e. The zero-order valence-electron chi connectivity index (χ0n) is 8.53. The molecule has 0 atom stereocenters. The van der Waals surface area contributed by atoms with E-state index in [1.54, 1.807) is 0 Å². The number of carbonyl (C=O) groups excluding carboxylic acids is 1. The van der Waals surface area contributed by atoms with Crippen molar-refractivity contribution in [2.24, 2.45) is 0 Å². The molecule has 0 unspecified atom stereocenters. The van der Waals surface area contributed by atoms with Crippen LogP contribution in [0.15, 0.2) is 12.1 Å². The van der Waals surface area contributed by atoms with Crippen LogP contribution in [0.1, 0.15) is 0 Å². The van der Waals surface area contributed by atoms with E-state index < -0.39 is 12.6 Å². The van der Waals surface area contributed by atoms with Crippen LogP contribution in [0.3, 0.4) is 0 Å². The first-order valence-corrected chi connectivity index (χ1v) is 5.05. The maximum absolute atomic E-state index is 11.1. The molecule has 2 rings (SSSR count). The average molecular weight is 258 g/mol. The van der Waals surface area contributed by atoms with E-state index in [4.69, 9.17) is 26.2 Å². The van der Waals surface area contributed by atoms with Gasteiger partial charge in [-0.2, -0.15) is 0 Å². The number of anilines is 1. The molecule has 1 heterocycles. The van der Waals surface area contributed by atoms with Crippen LogP contribution in [0.4, 0.5) is 5.69 Å². The van der Waals surface area contributed by atoms with E-state index in [2.05, 4.69) is 5.32 Å². The van der Waals surface area contributed by atoms with Gasteiger partial charge >= 0.3 is 5.97 Å². The lowest BCUT2D eigenvalue weighted by Gasteiger charge is -2.20. The van der Waals surface area contributed by atoms with E-state index in [0.717, 1.165) is 0 Å². The minimum absolute atomic E-state index is 0.141. The largest absolute Gasteiger partial charge is 0.479 e. The van der Waals surface area contributed by atoms with Gasteiger partial charge in [0, 0.05) is 11.1 Å². The lowest BCUT2D eigenvalue weighted by Crippen LogP contribution is -2.26. The Morgan fingerprint density at radius 3 is 3.06 bits per heavy atom. The summed E-state index contributed by atoms with van der Waals surface area (Å²) < 4.78 is 10.2. The minimum Gasteiger partial charge on any atom is -0.479 e. The summed E-state index contributed by atoms with van der Waals surface area (Å²) in [7, 11) is 0. The third kappa shape index (κ3) is 2.59. The smallest absolute Gasteiger partial charge is 0.341 e. The van der Waals surface area contributed by atoms with Gasteiger partial charge in [-0.1, -0.05) is 11.6 Å². The number of hydrogen-bond acceptors (Lipinski definition) is 4. The van der Waals surface area contributed by atoms with E-state index in [1.807, 2.05) is 0 Å². The van der Waals surface area contributed by atoms with Gasteiger partial charge in [0.05, 0.1) is 5.69 Å². The highest BCUT2D eigenvalue weighted by Crippen LogP contribution is 2.40. The average Bonchev–Trinajstić information content (AvgIpc) is 2.24. The summed E-state index contributed by atoms with van der Waals surface area (Å²) >= 11 is 5.81. The summed E-state index contributed by atoms with van der Waals surface area (Å²) in [6, 6.07) is 2.93. The van der Waals surface area contributed by atoms with Gasteiger partial charge in [0.25, 0.3) is 5.91 Å². The fraction of sp³-hybridized carbons (Fsp3) is 0.200. The molecule has 0 radical (unpaired) electrons. The van der Waals surface area contributed by atoms with E-state index >= 15 is 0 Å². The van der Waals surface area contributed by atoms with Crippen LogP contribution in [-0.4, -0.2) is 30.2 Å². The Morgan fingerprint density at radius 2 is 2.35 bits per heavy atom. The van der Waals surface area contributed by atoms with E-state index in [9.17, 15) is 9.59 Å². The van der Waals surface area contributed by atoms with Crippen LogP contribution in [-0.2, 0) is 9.59 Å². The van der Waals surface area contributed by atoms with Crippen LogP contribution < -0.4 is 14.8 Å². The fourth-order valence-electron chi connectivity index (χ4n) is 1.38. The summed E-state index contributed by atoms with van der Waals surface area (Å²) in [4.78, 5) is 21.5. The van der Waals surface area contributed by atoms with Crippen molar-refractivity contribution in [3.05, 3.63) is 17.2 Å². The SMILES string of the molecule is O=C(O)COc1cc(Cl)cc2c1OCC(=O)N2. The molecule has 2 N–H and O–H groups in total. The Hall–Kier alpha value is -1.95. The number of amides is 1. The summed E-state index contributed by atoms with van der Waals surface area (Å²) in [5.41, 5.74) is 0.370. The van der Waals surface area contributed by atoms with E-state index in [0.29, 0.717) is 10.7 Å². The fourth-order valence-corrected chi connectivity index (χ4v) is 1.59. The Bertz CT molecular complexity index is 488. The molecule has 1 aromatic carbocycles. The molecule has 0 saturated carbocycles. The number of carbonyl (C=O) groups is 2. The second-order valence-corrected chi connectivity index (χ2v) is 3.74. The highest BCUT2D eigenvalue weighted by atomic mass is 35.5. The molecule has 0 saturated heterocycles. The molecule has 0 fully saturated rings. The number of nitrogens with one attached hydrogen (secondary N) is 1. The Morgan fingerprint density at radius 1 is 1.59 bits per heavy atom. The van der Waals surface area contributed by atoms with Gasteiger partial charge < -0.3 is 19.9 Å². The third-order valence-corrected chi connectivity index (χ3v) is 2.21. The highest BCUT2D eigenvalue weighted by Gasteiger charge is 2.21. The molecule has 17 heavy (non-hydrogen) atoms. The van der Waals surface area contributed by atoms with Crippen molar-refractivity contribution in [3.8, 4) is 11.5 Å². The summed E-state index contributed by atoms with van der Waals surface area (Å²) in [6.45, 7) is -0.651. The highest BCUT2D eigenvalue weighted by molar-refractivity contribution is 6.31. The first-order chi connectivity index (χ1) is 8.06. The van der Waals surface area contributed by atoms with Crippen molar-refractivity contribution in [1.29, 1.82) is 0 Å². The third-order valence-electron chi connectivity index (χ3n) is 1.99.